The number of amides is 1. The highest BCUT2D eigenvalue weighted by Crippen LogP contribution is 2.36. The summed E-state index contributed by atoms with van der Waals surface area (Å²) in [4.78, 5) is 16.7. The highest BCUT2D eigenvalue weighted by molar-refractivity contribution is 5.81. The normalized spacial score (nSPS) is 42.5. The molecule has 0 spiro atoms. The van der Waals surface area contributed by atoms with Gasteiger partial charge in [0.1, 0.15) is 35.8 Å². The predicted octanol–water partition coefficient (Wildman–Crippen LogP) is -5.29. The molecule has 17 nitrogen and oxygen atoms in total. The Morgan fingerprint density at radius 2 is 1.87 bits per heavy atom. The number of nitrogens with two attached hydrogens (primary N) is 6. The lowest BCUT2D eigenvalue weighted by molar-refractivity contribution is -0.295. The third kappa shape index (κ3) is 8.81. The van der Waals surface area contributed by atoms with E-state index >= 15 is 0 Å². The SMILES string of the molecule is CC1(O)COC(OC2C(NC(=O)C(O)CCN=C(N)N)CC(N)C(C3OC(CNCC4CC(N)C4)=CCC3N)C2O)C(O)C1N. The molecular weight excluding hydrogens is 590 g/mol. The zero-order valence-electron chi connectivity index (χ0n) is 25.8. The van der Waals surface area contributed by atoms with Crippen LogP contribution in [0.2, 0.25) is 0 Å². The van der Waals surface area contributed by atoms with Crippen LogP contribution in [0.4, 0.5) is 0 Å². The van der Waals surface area contributed by atoms with Crippen molar-refractivity contribution < 1.29 is 39.4 Å². The van der Waals surface area contributed by atoms with Crippen LogP contribution in [-0.2, 0) is 19.0 Å². The minimum atomic E-state index is -1.52. The number of carbonyl (C=O) groups excluding carboxylic acids is 1. The number of aliphatic hydroxyl groups excluding tert-OH is 3. The first kappa shape index (κ1) is 35.7. The lowest BCUT2D eigenvalue weighted by atomic mass is 9.72. The molecule has 18 N–H and O–H groups in total. The number of hydrogen-bond donors (Lipinski definition) is 12. The highest BCUT2D eigenvalue weighted by Gasteiger charge is 2.53. The van der Waals surface area contributed by atoms with Crippen LogP contribution >= 0.6 is 0 Å². The number of carbonyl (C=O) groups is 1. The molecule has 0 radical (unpaired) electrons. The van der Waals surface area contributed by atoms with Crippen molar-refractivity contribution in [2.24, 2.45) is 51.2 Å². The summed E-state index contributed by atoms with van der Waals surface area (Å²) in [5.74, 6) is -0.459. The number of aliphatic hydroxyl groups is 4. The zero-order valence-corrected chi connectivity index (χ0v) is 25.8. The standard InChI is InChI=1S/C28H53N9O8/c1-28(42)11-43-26(21(40)24(28)32)45-23-17(37-25(41)18(38)4-5-36-27(33)34)8-16(31)19(20(23)39)22-15(30)3-2-14(44-22)10-35-9-12-6-13(29)7-12/h2,12-13,15-24,26,35,38-40,42H,3-11,29-32H2,1H3,(H,37,41)(H4,33,34,36). The Hall–Kier alpha value is -2.16. The molecule has 0 aromatic rings. The van der Waals surface area contributed by atoms with Crippen LogP contribution in [0.3, 0.4) is 0 Å². The van der Waals surface area contributed by atoms with Gasteiger partial charge in [0, 0.05) is 37.0 Å². The molecule has 3 fully saturated rings. The molecule has 1 amide bonds. The molecule has 17 heteroatoms. The van der Waals surface area contributed by atoms with Crippen LogP contribution in [0.25, 0.3) is 0 Å². The number of hydrogen-bond acceptors (Lipinski definition) is 14. The smallest absolute Gasteiger partial charge is 0.249 e. The van der Waals surface area contributed by atoms with E-state index in [-0.39, 0.29) is 38.0 Å². The topological polar surface area (TPSA) is 318 Å². The summed E-state index contributed by atoms with van der Waals surface area (Å²) in [6.45, 7) is 2.49. The summed E-state index contributed by atoms with van der Waals surface area (Å²) in [6, 6.07) is -2.97. The van der Waals surface area contributed by atoms with Crippen LogP contribution in [0.5, 0.6) is 0 Å². The Balaban J connectivity index is 1.48. The molecule has 2 saturated carbocycles. The number of aliphatic imine (C=N–C) groups is 1. The van der Waals surface area contributed by atoms with Gasteiger partial charge in [-0.25, -0.2) is 0 Å². The fourth-order valence-corrected chi connectivity index (χ4v) is 6.58. The van der Waals surface area contributed by atoms with Crippen molar-refractivity contribution >= 4 is 11.9 Å². The van der Waals surface area contributed by atoms with Crippen LogP contribution < -0.4 is 45.0 Å². The highest BCUT2D eigenvalue weighted by atomic mass is 16.7. The van der Waals surface area contributed by atoms with Gasteiger partial charge < -0.3 is 79.7 Å². The van der Waals surface area contributed by atoms with Crippen LogP contribution in [0.15, 0.2) is 16.8 Å². The number of rotatable bonds is 12. The Labute approximate surface area is 263 Å². The Bertz CT molecular complexity index is 1060. The van der Waals surface area contributed by atoms with E-state index in [9.17, 15) is 25.2 Å². The van der Waals surface area contributed by atoms with Crippen molar-refractivity contribution in [2.75, 3.05) is 26.2 Å². The van der Waals surface area contributed by atoms with E-state index in [2.05, 4.69) is 15.6 Å². The first-order valence-corrected chi connectivity index (χ1v) is 15.7. The van der Waals surface area contributed by atoms with Gasteiger partial charge in [0.25, 0.3) is 0 Å². The molecule has 45 heavy (non-hydrogen) atoms. The minimum absolute atomic E-state index is 0.0153. The Kier molecular flexibility index (Phi) is 12.0. The second-order valence-corrected chi connectivity index (χ2v) is 13.2. The predicted molar refractivity (Wildman–Crippen MR) is 164 cm³/mol. The minimum Gasteiger partial charge on any atom is -0.492 e. The average Bonchev–Trinajstić information content (AvgIpc) is 2.95. The fourth-order valence-electron chi connectivity index (χ4n) is 6.58. The quantitative estimate of drug-likeness (QED) is 0.0698. The summed E-state index contributed by atoms with van der Waals surface area (Å²) < 4.78 is 18.0. The van der Waals surface area contributed by atoms with Gasteiger partial charge in [0.05, 0.1) is 31.3 Å². The van der Waals surface area contributed by atoms with Crippen LogP contribution in [0.1, 0.15) is 39.0 Å². The zero-order chi connectivity index (χ0) is 33.1. The maximum absolute atomic E-state index is 13.0. The monoisotopic (exact) mass is 643 g/mol. The fraction of sp³-hybridized carbons (Fsp3) is 0.857. The average molecular weight is 644 g/mol. The molecule has 2 aliphatic carbocycles. The number of ether oxygens (including phenoxy) is 3. The molecule has 0 aromatic carbocycles. The van der Waals surface area contributed by atoms with Gasteiger partial charge in [-0.15, -0.1) is 0 Å². The third-order valence-electron chi connectivity index (χ3n) is 9.38. The lowest BCUT2D eigenvalue weighted by Gasteiger charge is -2.50. The van der Waals surface area contributed by atoms with Gasteiger partial charge in [-0.05, 0) is 51.1 Å². The van der Waals surface area contributed by atoms with E-state index in [1.54, 1.807) is 0 Å². The second kappa shape index (κ2) is 15.2. The van der Waals surface area contributed by atoms with E-state index < -0.39 is 78.4 Å². The molecule has 12 unspecified atom stereocenters. The molecule has 0 aromatic heterocycles. The molecule has 258 valence electrons. The number of nitrogens with one attached hydrogen (secondary N) is 2. The van der Waals surface area contributed by atoms with Crippen molar-refractivity contribution in [3.8, 4) is 0 Å². The molecule has 4 aliphatic rings. The number of nitrogens with zero attached hydrogens (tertiary/aromatic N) is 1. The van der Waals surface area contributed by atoms with Crippen LogP contribution in [0, 0.1) is 11.8 Å². The van der Waals surface area contributed by atoms with Gasteiger partial charge in [-0.3, -0.25) is 9.79 Å². The molecule has 2 aliphatic heterocycles. The molecule has 2 heterocycles. The molecular formula is C28H53N9O8. The molecule has 12 atom stereocenters. The Morgan fingerprint density at radius 3 is 2.53 bits per heavy atom. The van der Waals surface area contributed by atoms with E-state index in [1.807, 2.05) is 6.08 Å². The van der Waals surface area contributed by atoms with Gasteiger partial charge >= 0.3 is 0 Å². The molecule has 4 rings (SSSR count). The molecule has 0 bridgehead atoms. The summed E-state index contributed by atoms with van der Waals surface area (Å²) >= 11 is 0. The second-order valence-electron chi connectivity index (χ2n) is 13.2. The first-order chi connectivity index (χ1) is 21.2. The van der Waals surface area contributed by atoms with E-state index in [4.69, 9.17) is 48.6 Å². The van der Waals surface area contributed by atoms with Crippen molar-refractivity contribution in [3.63, 3.8) is 0 Å². The summed E-state index contributed by atoms with van der Waals surface area (Å²) in [5, 5.41) is 49.6. The molecule has 1 saturated heterocycles. The summed E-state index contributed by atoms with van der Waals surface area (Å²) in [7, 11) is 0. The van der Waals surface area contributed by atoms with Crippen molar-refractivity contribution in [2.45, 2.75) is 112 Å². The largest absolute Gasteiger partial charge is 0.492 e. The third-order valence-corrected chi connectivity index (χ3v) is 9.38. The lowest BCUT2D eigenvalue weighted by Crippen LogP contribution is -2.69. The van der Waals surface area contributed by atoms with Crippen molar-refractivity contribution in [1.29, 1.82) is 0 Å². The summed E-state index contributed by atoms with van der Waals surface area (Å²) in [6.07, 6.45) is -3.08. The van der Waals surface area contributed by atoms with E-state index in [0.717, 1.165) is 19.4 Å². The first-order valence-electron chi connectivity index (χ1n) is 15.7. The number of guanidine groups is 1. The van der Waals surface area contributed by atoms with Crippen molar-refractivity contribution in [1.82, 2.24) is 10.6 Å². The van der Waals surface area contributed by atoms with Gasteiger partial charge in [0.15, 0.2) is 12.2 Å². The van der Waals surface area contributed by atoms with Gasteiger partial charge in [0.2, 0.25) is 5.91 Å². The van der Waals surface area contributed by atoms with E-state index in [0.29, 0.717) is 24.6 Å². The van der Waals surface area contributed by atoms with Gasteiger partial charge in [-0.1, -0.05) is 0 Å². The summed E-state index contributed by atoms with van der Waals surface area (Å²) in [5.41, 5.74) is 34.2. The Morgan fingerprint density at radius 1 is 1.16 bits per heavy atom. The van der Waals surface area contributed by atoms with E-state index in [1.165, 1.54) is 6.92 Å². The van der Waals surface area contributed by atoms with Crippen molar-refractivity contribution in [3.05, 3.63) is 11.8 Å². The maximum atomic E-state index is 13.0. The van der Waals surface area contributed by atoms with Crippen LogP contribution in [-0.4, -0.2) is 131 Å². The maximum Gasteiger partial charge on any atom is 0.249 e. The van der Waals surface area contributed by atoms with Gasteiger partial charge in [-0.2, -0.15) is 0 Å².